The lowest BCUT2D eigenvalue weighted by Gasteiger charge is -2.47. The number of ether oxygens (including phenoxy) is 1. The second-order valence-electron chi connectivity index (χ2n) is 10.1. The molecule has 35 heavy (non-hydrogen) atoms. The minimum absolute atomic E-state index is 0.0517. The number of piperidine rings is 2. The van der Waals surface area contributed by atoms with E-state index in [1.165, 1.54) is 10.7 Å². The van der Waals surface area contributed by atoms with Gasteiger partial charge in [-0.15, -0.1) is 0 Å². The Hall–Kier alpha value is -2.69. The number of aromatic nitrogens is 4. The van der Waals surface area contributed by atoms with E-state index in [2.05, 4.69) is 20.6 Å². The standard InChI is InChI=1S/C25H34FN6O3/c1-16(2)22-19-5-4-6-20(26)23(19)31(29-22)25-28-24(35-30-25)17-9-13-32(14-10-17,21(33)15-34-3)18-7-11-27-12-8-18/h4-6,16-18,27H,7-15H2,1-3H3/q+1. The summed E-state index contributed by atoms with van der Waals surface area (Å²) in [5, 5.41) is 12.9. The van der Waals surface area contributed by atoms with Crippen LogP contribution in [0.15, 0.2) is 22.7 Å². The highest BCUT2D eigenvalue weighted by Gasteiger charge is 2.47. The van der Waals surface area contributed by atoms with Gasteiger partial charge in [0, 0.05) is 57.2 Å². The number of hydrogen-bond acceptors (Lipinski definition) is 7. The first kappa shape index (κ1) is 24.0. The number of halogens is 1. The molecular weight excluding hydrogens is 451 g/mol. The van der Waals surface area contributed by atoms with Crippen molar-refractivity contribution in [3.05, 3.63) is 35.6 Å². The molecule has 0 unspecified atom stereocenters. The summed E-state index contributed by atoms with van der Waals surface area (Å²) in [6.45, 7) is 7.52. The van der Waals surface area contributed by atoms with Gasteiger partial charge < -0.3 is 14.6 Å². The predicted molar refractivity (Wildman–Crippen MR) is 128 cm³/mol. The number of para-hydroxylation sites is 1. The molecule has 1 N–H and O–H groups in total. The smallest absolute Gasteiger partial charge is 0.339 e. The second kappa shape index (κ2) is 9.75. The van der Waals surface area contributed by atoms with Crippen LogP contribution in [0.1, 0.15) is 63.0 Å². The molecule has 0 spiro atoms. The van der Waals surface area contributed by atoms with Crippen LogP contribution in [-0.2, 0) is 9.53 Å². The molecule has 3 aromatic rings. The molecule has 4 heterocycles. The molecule has 1 amide bonds. The van der Waals surface area contributed by atoms with Crippen molar-refractivity contribution in [3.63, 3.8) is 0 Å². The van der Waals surface area contributed by atoms with Crippen LogP contribution in [0.5, 0.6) is 0 Å². The number of rotatable bonds is 6. The monoisotopic (exact) mass is 485 g/mol. The van der Waals surface area contributed by atoms with Crippen molar-refractivity contribution in [1.29, 1.82) is 0 Å². The number of quaternary nitrogens is 1. The van der Waals surface area contributed by atoms with E-state index >= 15 is 0 Å². The average Bonchev–Trinajstić information content (AvgIpc) is 3.51. The van der Waals surface area contributed by atoms with Gasteiger partial charge in [0.2, 0.25) is 5.89 Å². The van der Waals surface area contributed by atoms with Crippen LogP contribution in [-0.4, -0.2) is 76.2 Å². The molecular formula is C25H34FN6O3+. The van der Waals surface area contributed by atoms with E-state index < -0.39 is 0 Å². The third-order valence-electron chi connectivity index (χ3n) is 7.72. The Morgan fingerprint density at radius 2 is 2.00 bits per heavy atom. The fourth-order valence-electron chi connectivity index (χ4n) is 5.85. The number of methoxy groups -OCH3 is 1. The maximum absolute atomic E-state index is 14.8. The molecule has 188 valence electrons. The van der Waals surface area contributed by atoms with Crippen LogP contribution in [0, 0.1) is 5.82 Å². The molecule has 0 aliphatic carbocycles. The normalized spacial score (nSPS) is 23.9. The minimum Gasteiger partial charge on any atom is -0.371 e. The van der Waals surface area contributed by atoms with Gasteiger partial charge in [0.1, 0.15) is 11.3 Å². The van der Waals surface area contributed by atoms with Crippen molar-refractivity contribution >= 4 is 16.8 Å². The van der Waals surface area contributed by atoms with Gasteiger partial charge in [-0.3, -0.25) is 4.48 Å². The number of hydrogen-bond donors (Lipinski definition) is 1. The van der Waals surface area contributed by atoms with Crippen molar-refractivity contribution in [1.82, 2.24) is 25.2 Å². The van der Waals surface area contributed by atoms with Crippen molar-refractivity contribution in [2.45, 2.75) is 57.4 Å². The Morgan fingerprint density at radius 1 is 1.26 bits per heavy atom. The molecule has 0 bridgehead atoms. The largest absolute Gasteiger partial charge is 0.371 e. The highest BCUT2D eigenvalue weighted by Crippen LogP contribution is 2.36. The number of carbonyl (C=O) groups excluding carboxylic acids is 1. The van der Waals surface area contributed by atoms with Crippen molar-refractivity contribution < 1.29 is 22.9 Å². The van der Waals surface area contributed by atoms with Crippen molar-refractivity contribution in [2.75, 3.05) is 39.9 Å². The van der Waals surface area contributed by atoms with E-state index in [1.54, 1.807) is 13.2 Å². The molecule has 10 heteroatoms. The number of amides is 1. The average molecular weight is 486 g/mol. The lowest BCUT2D eigenvalue weighted by atomic mass is 9.90. The number of likely N-dealkylation sites (tertiary alicyclic amines) is 1. The van der Waals surface area contributed by atoms with Crippen LogP contribution in [0.4, 0.5) is 4.39 Å². The summed E-state index contributed by atoms with van der Waals surface area (Å²) in [5.74, 6) is 0.720. The summed E-state index contributed by atoms with van der Waals surface area (Å²) in [4.78, 5) is 17.8. The van der Waals surface area contributed by atoms with E-state index in [-0.39, 0.29) is 36.1 Å². The molecule has 2 aliphatic heterocycles. The van der Waals surface area contributed by atoms with Crippen LogP contribution in [0.3, 0.4) is 0 Å². The number of carbonyl (C=O) groups is 1. The quantitative estimate of drug-likeness (QED) is 0.536. The first-order valence-corrected chi connectivity index (χ1v) is 12.6. The Morgan fingerprint density at radius 3 is 2.69 bits per heavy atom. The zero-order chi connectivity index (χ0) is 24.6. The highest BCUT2D eigenvalue weighted by atomic mass is 19.1. The van der Waals surface area contributed by atoms with E-state index in [0.717, 1.165) is 62.9 Å². The van der Waals surface area contributed by atoms with Crippen LogP contribution in [0.2, 0.25) is 0 Å². The zero-order valence-electron chi connectivity index (χ0n) is 20.7. The lowest BCUT2D eigenvalue weighted by molar-refractivity contribution is -0.886. The fraction of sp³-hybridized carbons (Fsp3) is 0.600. The third kappa shape index (κ3) is 4.28. The first-order valence-electron chi connectivity index (χ1n) is 12.6. The molecule has 5 rings (SSSR count). The molecule has 0 radical (unpaired) electrons. The van der Waals surface area contributed by atoms with Gasteiger partial charge in [-0.05, 0) is 17.1 Å². The molecule has 2 saturated heterocycles. The summed E-state index contributed by atoms with van der Waals surface area (Å²) in [7, 11) is 1.58. The van der Waals surface area contributed by atoms with Gasteiger partial charge in [-0.25, -0.2) is 9.18 Å². The molecule has 2 aromatic heterocycles. The maximum Gasteiger partial charge on any atom is 0.339 e. The predicted octanol–water partition coefficient (Wildman–Crippen LogP) is 3.29. The van der Waals surface area contributed by atoms with Crippen molar-refractivity contribution in [3.8, 4) is 5.95 Å². The summed E-state index contributed by atoms with van der Waals surface area (Å²) >= 11 is 0. The number of nitrogens with one attached hydrogen (secondary N) is 1. The van der Waals surface area contributed by atoms with Gasteiger partial charge in [-0.1, -0.05) is 26.0 Å². The Labute approximate surface area is 204 Å². The van der Waals surface area contributed by atoms with E-state index in [1.807, 2.05) is 19.9 Å². The van der Waals surface area contributed by atoms with Crippen LogP contribution >= 0.6 is 0 Å². The first-order chi connectivity index (χ1) is 16.9. The zero-order valence-corrected chi connectivity index (χ0v) is 20.7. The van der Waals surface area contributed by atoms with Crippen LogP contribution in [0.25, 0.3) is 16.9 Å². The van der Waals surface area contributed by atoms with Gasteiger partial charge in [0.25, 0.3) is 5.95 Å². The van der Waals surface area contributed by atoms with Crippen molar-refractivity contribution in [2.24, 2.45) is 0 Å². The fourth-order valence-corrected chi connectivity index (χ4v) is 5.85. The molecule has 0 atom stereocenters. The SMILES string of the molecule is COCC(=O)[N+]1(C2CCNCC2)CCC(c2nc(-n3nc(C(C)C)c4cccc(F)c43)no2)CC1. The lowest BCUT2D eigenvalue weighted by Crippen LogP contribution is -2.65. The van der Waals surface area contributed by atoms with E-state index in [4.69, 9.17) is 9.26 Å². The second-order valence-corrected chi connectivity index (χ2v) is 10.1. The number of benzene rings is 1. The molecule has 2 fully saturated rings. The van der Waals surface area contributed by atoms with Gasteiger partial charge in [0.05, 0.1) is 24.8 Å². The van der Waals surface area contributed by atoms with Gasteiger partial charge >= 0.3 is 5.91 Å². The molecule has 2 aliphatic rings. The van der Waals surface area contributed by atoms with Crippen LogP contribution < -0.4 is 5.32 Å². The number of fused-ring (bicyclic) bond motifs is 1. The van der Waals surface area contributed by atoms with Gasteiger partial charge in [-0.2, -0.15) is 14.8 Å². The Kier molecular flexibility index (Phi) is 6.69. The maximum atomic E-state index is 14.8. The summed E-state index contributed by atoms with van der Waals surface area (Å²) in [6.07, 6.45) is 3.51. The summed E-state index contributed by atoms with van der Waals surface area (Å²) < 4.78 is 27.6. The molecule has 1 aromatic carbocycles. The third-order valence-corrected chi connectivity index (χ3v) is 7.72. The summed E-state index contributed by atoms with van der Waals surface area (Å²) in [6, 6.07) is 5.29. The Bertz CT molecular complexity index is 1190. The van der Waals surface area contributed by atoms with E-state index in [9.17, 15) is 9.18 Å². The molecule has 9 nitrogen and oxygen atoms in total. The topological polar surface area (TPSA) is 95.1 Å². The minimum atomic E-state index is -0.369. The molecule has 0 saturated carbocycles. The van der Waals surface area contributed by atoms with Gasteiger partial charge in [0.15, 0.2) is 6.61 Å². The summed E-state index contributed by atoms with van der Waals surface area (Å²) in [5.41, 5.74) is 1.16. The number of nitrogens with zero attached hydrogens (tertiary/aromatic N) is 5. The Balaban J connectivity index is 1.39. The van der Waals surface area contributed by atoms with E-state index in [0.29, 0.717) is 21.9 Å². The highest BCUT2D eigenvalue weighted by molar-refractivity contribution is 5.84.